The number of allylic oxidation sites excluding steroid dienone is 1. The Morgan fingerprint density at radius 2 is 1.36 bits per heavy atom. The molecule has 0 fully saturated rings. The molecule has 0 heteroatoms. The van der Waals surface area contributed by atoms with Crippen molar-refractivity contribution in [3.8, 4) is 0 Å². The normalized spacial score (nSPS) is 16.2. The van der Waals surface area contributed by atoms with Gasteiger partial charge in [0.15, 0.2) is 0 Å². The summed E-state index contributed by atoms with van der Waals surface area (Å²) in [7, 11) is 0. The molecule has 1 aliphatic rings. The number of aryl methyl sites for hydroxylation is 1. The summed E-state index contributed by atoms with van der Waals surface area (Å²) >= 11 is 0. The van der Waals surface area contributed by atoms with E-state index in [0.717, 1.165) is 0 Å². The zero-order chi connectivity index (χ0) is 14.9. The number of hydrogen-bond donors (Lipinski definition) is 0. The Hall–Kier alpha value is -2.60. The Kier molecular flexibility index (Phi) is 3.16. The summed E-state index contributed by atoms with van der Waals surface area (Å²) in [5, 5.41) is 0. The van der Waals surface area contributed by atoms with Crippen LogP contribution in [0.5, 0.6) is 0 Å². The predicted molar refractivity (Wildman–Crippen MR) is 93.0 cm³/mol. The molecule has 0 bridgehead atoms. The summed E-state index contributed by atoms with van der Waals surface area (Å²) in [5.41, 5.74) is 8.09. The van der Waals surface area contributed by atoms with E-state index in [4.69, 9.17) is 0 Å². The molecule has 0 saturated heterocycles. The summed E-state index contributed by atoms with van der Waals surface area (Å²) in [4.78, 5) is 0. The van der Waals surface area contributed by atoms with E-state index in [9.17, 15) is 0 Å². The SMILES string of the molecule is Cc1ccc(C2C=C(c3ccccc3)c3ccccc32)cc1. The first-order valence-corrected chi connectivity index (χ1v) is 7.76. The van der Waals surface area contributed by atoms with Gasteiger partial charge in [-0.1, -0.05) is 90.5 Å². The fourth-order valence-corrected chi connectivity index (χ4v) is 3.28. The van der Waals surface area contributed by atoms with E-state index in [0.29, 0.717) is 5.92 Å². The lowest BCUT2D eigenvalue weighted by atomic mass is 9.92. The molecule has 1 unspecified atom stereocenters. The second-order valence-electron chi connectivity index (χ2n) is 5.92. The maximum absolute atomic E-state index is 2.41. The Balaban J connectivity index is 1.86. The minimum absolute atomic E-state index is 0.354. The third-order valence-electron chi connectivity index (χ3n) is 4.44. The van der Waals surface area contributed by atoms with Gasteiger partial charge in [0.1, 0.15) is 0 Å². The molecule has 0 aromatic heterocycles. The Morgan fingerprint density at radius 3 is 2.14 bits per heavy atom. The highest BCUT2D eigenvalue weighted by Crippen LogP contribution is 2.42. The van der Waals surface area contributed by atoms with Gasteiger partial charge in [0.05, 0.1) is 0 Å². The lowest BCUT2D eigenvalue weighted by Crippen LogP contribution is -1.95. The van der Waals surface area contributed by atoms with Crippen LogP contribution < -0.4 is 0 Å². The van der Waals surface area contributed by atoms with E-state index in [1.165, 1.54) is 33.4 Å². The molecule has 4 rings (SSSR count). The van der Waals surface area contributed by atoms with E-state index in [2.05, 4.69) is 91.9 Å². The van der Waals surface area contributed by atoms with Crippen molar-refractivity contribution < 1.29 is 0 Å². The maximum atomic E-state index is 2.41. The quantitative estimate of drug-likeness (QED) is 0.576. The van der Waals surface area contributed by atoms with Crippen LogP contribution in [0.15, 0.2) is 84.9 Å². The van der Waals surface area contributed by atoms with Crippen molar-refractivity contribution in [2.75, 3.05) is 0 Å². The van der Waals surface area contributed by atoms with Gasteiger partial charge >= 0.3 is 0 Å². The van der Waals surface area contributed by atoms with Crippen LogP contribution in [-0.4, -0.2) is 0 Å². The average Bonchev–Trinajstić information content (AvgIpc) is 2.96. The first kappa shape index (κ1) is 13.1. The van der Waals surface area contributed by atoms with Crippen LogP contribution in [0.2, 0.25) is 0 Å². The van der Waals surface area contributed by atoms with E-state index in [1.807, 2.05) is 0 Å². The van der Waals surface area contributed by atoms with E-state index in [1.54, 1.807) is 0 Å². The second kappa shape index (κ2) is 5.31. The van der Waals surface area contributed by atoms with Crippen LogP contribution in [-0.2, 0) is 0 Å². The molecule has 0 nitrogen and oxygen atoms in total. The predicted octanol–water partition coefficient (Wildman–Crippen LogP) is 5.57. The summed E-state index contributed by atoms with van der Waals surface area (Å²) in [5.74, 6) is 0.354. The molecule has 3 aromatic carbocycles. The first-order chi connectivity index (χ1) is 10.8. The number of rotatable bonds is 2. The van der Waals surface area contributed by atoms with Gasteiger partial charge in [-0.05, 0) is 34.8 Å². The van der Waals surface area contributed by atoms with Crippen LogP contribution in [0.25, 0.3) is 5.57 Å². The highest BCUT2D eigenvalue weighted by atomic mass is 14.3. The molecule has 1 atom stereocenters. The molecule has 0 radical (unpaired) electrons. The molecule has 106 valence electrons. The van der Waals surface area contributed by atoms with Gasteiger partial charge in [-0.2, -0.15) is 0 Å². The molecule has 0 spiro atoms. The fourth-order valence-electron chi connectivity index (χ4n) is 3.28. The minimum Gasteiger partial charge on any atom is -0.0641 e. The number of hydrogen-bond acceptors (Lipinski definition) is 0. The second-order valence-corrected chi connectivity index (χ2v) is 5.92. The summed E-state index contributed by atoms with van der Waals surface area (Å²) in [6.45, 7) is 2.14. The van der Waals surface area contributed by atoms with Gasteiger partial charge in [-0.15, -0.1) is 0 Å². The molecule has 0 aliphatic heterocycles. The lowest BCUT2D eigenvalue weighted by Gasteiger charge is -2.11. The molecule has 0 N–H and O–H groups in total. The minimum atomic E-state index is 0.354. The zero-order valence-corrected chi connectivity index (χ0v) is 12.7. The van der Waals surface area contributed by atoms with Crippen molar-refractivity contribution in [1.29, 1.82) is 0 Å². The molecular weight excluding hydrogens is 264 g/mol. The van der Waals surface area contributed by atoms with Crippen molar-refractivity contribution in [2.45, 2.75) is 12.8 Å². The van der Waals surface area contributed by atoms with Crippen molar-refractivity contribution >= 4 is 5.57 Å². The molecule has 3 aromatic rings. The Morgan fingerprint density at radius 1 is 0.682 bits per heavy atom. The fraction of sp³-hybridized carbons (Fsp3) is 0.0909. The van der Waals surface area contributed by atoms with Crippen LogP contribution in [0.1, 0.15) is 33.7 Å². The van der Waals surface area contributed by atoms with Crippen LogP contribution in [0.4, 0.5) is 0 Å². The third-order valence-corrected chi connectivity index (χ3v) is 4.44. The van der Waals surface area contributed by atoms with Gasteiger partial charge in [0, 0.05) is 5.92 Å². The van der Waals surface area contributed by atoms with Crippen LogP contribution >= 0.6 is 0 Å². The first-order valence-electron chi connectivity index (χ1n) is 7.76. The van der Waals surface area contributed by atoms with Crippen LogP contribution in [0, 0.1) is 6.92 Å². The molecule has 0 heterocycles. The molecular formula is C22H18. The lowest BCUT2D eigenvalue weighted by molar-refractivity contribution is 1.05. The Labute approximate surface area is 131 Å². The van der Waals surface area contributed by atoms with Crippen LogP contribution in [0.3, 0.4) is 0 Å². The topological polar surface area (TPSA) is 0 Å². The van der Waals surface area contributed by atoms with Gasteiger partial charge in [0.25, 0.3) is 0 Å². The number of fused-ring (bicyclic) bond motifs is 1. The van der Waals surface area contributed by atoms with Gasteiger partial charge < -0.3 is 0 Å². The molecule has 0 saturated carbocycles. The van der Waals surface area contributed by atoms with Crippen molar-refractivity contribution in [2.24, 2.45) is 0 Å². The zero-order valence-electron chi connectivity index (χ0n) is 12.7. The molecule has 22 heavy (non-hydrogen) atoms. The smallest absolute Gasteiger partial charge is 0.0284 e. The highest BCUT2D eigenvalue weighted by Gasteiger charge is 2.24. The van der Waals surface area contributed by atoms with E-state index >= 15 is 0 Å². The monoisotopic (exact) mass is 282 g/mol. The summed E-state index contributed by atoms with van der Waals surface area (Å²) < 4.78 is 0. The third kappa shape index (κ3) is 2.17. The average molecular weight is 282 g/mol. The maximum Gasteiger partial charge on any atom is 0.0284 e. The molecule has 0 amide bonds. The van der Waals surface area contributed by atoms with Crippen molar-refractivity contribution in [3.63, 3.8) is 0 Å². The largest absolute Gasteiger partial charge is 0.0641 e. The van der Waals surface area contributed by atoms with Gasteiger partial charge in [-0.3, -0.25) is 0 Å². The van der Waals surface area contributed by atoms with E-state index in [-0.39, 0.29) is 0 Å². The number of benzene rings is 3. The van der Waals surface area contributed by atoms with Crippen molar-refractivity contribution in [1.82, 2.24) is 0 Å². The highest BCUT2D eigenvalue weighted by molar-refractivity contribution is 5.86. The van der Waals surface area contributed by atoms with Gasteiger partial charge in [-0.25, -0.2) is 0 Å². The van der Waals surface area contributed by atoms with Gasteiger partial charge in [0.2, 0.25) is 0 Å². The summed E-state index contributed by atoms with van der Waals surface area (Å²) in [6.07, 6.45) is 2.41. The Bertz CT molecular complexity index is 823. The summed E-state index contributed by atoms with van der Waals surface area (Å²) in [6, 6.07) is 28.4. The molecule has 1 aliphatic carbocycles. The van der Waals surface area contributed by atoms with Crippen molar-refractivity contribution in [3.05, 3.63) is 113 Å². The standard InChI is InChI=1S/C22H18/c1-16-11-13-18(14-12-16)22-15-21(17-7-3-2-4-8-17)19-9-5-6-10-20(19)22/h2-15,22H,1H3. The van der Waals surface area contributed by atoms with E-state index < -0.39 is 0 Å².